The lowest BCUT2D eigenvalue weighted by molar-refractivity contribution is -0.275. The van der Waals surface area contributed by atoms with Gasteiger partial charge in [0.1, 0.15) is 12.4 Å². The van der Waals surface area contributed by atoms with E-state index < -0.39 is 18.8 Å². The average molecular weight is 195 g/mol. The van der Waals surface area contributed by atoms with Crippen LogP contribution < -0.4 is 4.74 Å². The maximum Gasteiger partial charge on any atom is 0.573 e. The maximum absolute atomic E-state index is 12.1. The van der Waals surface area contributed by atoms with Gasteiger partial charge >= 0.3 is 6.36 Å². The van der Waals surface area contributed by atoms with Crippen LogP contribution in [0.1, 0.15) is 5.69 Å². The van der Waals surface area contributed by atoms with E-state index >= 15 is 0 Å². The monoisotopic (exact) mass is 195 g/mol. The van der Waals surface area contributed by atoms with Gasteiger partial charge in [-0.25, -0.2) is 4.39 Å². The van der Waals surface area contributed by atoms with Gasteiger partial charge in [-0.2, -0.15) is 0 Å². The summed E-state index contributed by atoms with van der Waals surface area (Å²) >= 11 is 0. The van der Waals surface area contributed by atoms with E-state index in [9.17, 15) is 17.6 Å². The van der Waals surface area contributed by atoms with Crippen LogP contribution >= 0.6 is 0 Å². The molecule has 0 N–H and O–H groups in total. The molecule has 0 spiro atoms. The zero-order chi connectivity index (χ0) is 9.90. The average Bonchev–Trinajstić information content (AvgIpc) is 2.02. The first-order chi connectivity index (χ1) is 6.03. The molecule has 1 aromatic heterocycles. The normalized spacial score (nSPS) is 11.4. The first-order valence-electron chi connectivity index (χ1n) is 3.28. The van der Waals surface area contributed by atoms with Crippen LogP contribution in [0.3, 0.4) is 0 Å². The first-order valence-corrected chi connectivity index (χ1v) is 3.28. The van der Waals surface area contributed by atoms with Crippen molar-refractivity contribution in [3.8, 4) is 5.75 Å². The van der Waals surface area contributed by atoms with Gasteiger partial charge in [0.2, 0.25) is 0 Å². The minimum atomic E-state index is -4.81. The summed E-state index contributed by atoms with van der Waals surface area (Å²) < 4.78 is 50.6. The molecule has 1 rings (SSSR count). The topological polar surface area (TPSA) is 22.1 Å². The summed E-state index contributed by atoms with van der Waals surface area (Å²) in [6, 6.07) is 2.25. The molecule has 0 radical (unpaired) electrons. The SMILES string of the molecule is FCc1ncccc1OC(F)(F)F. The third kappa shape index (κ3) is 2.89. The quantitative estimate of drug-likeness (QED) is 0.676. The summed E-state index contributed by atoms with van der Waals surface area (Å²) in [5, 5.41) is 0. The van der Waals surface area contributed by atoms with Crippen LogP contribution in [0.25, 0.3) is 0 Å². The molecule has 0 aromatic carbocycles. The molecule has 0 bridgehead atoms. The van der Waals surface area contributed by atoms with Gasteiger partial charge in [-0.15, -0.1) is 13.2 Å². The van der Waals surface area contributed by atoms with E-state index in [0.29, 0.717) is 0 Å². The molecule has 6 heteroatoms. The van der Waals surface area contributed by atoms with Crippen molar-refractivity contribution < 1.29 is 22.3 Å². The number of hydrogen-bond donors (Lipinski definition) is 0. The van der Waals surface area contributed by atoms with Crippen molar-refractivity contribution in [3.05, 3.63) is 24.0 Å². The lowest BCUT2D eigenvalue weighted by atomic mass is 10.3. The Morgan fingerprint density at radius 2 is 2.08 bits per heavy atom. The minimum absolute atomic E-state index is 0.361. The lowest BCUT2D eigenvalue weighted by Gasteiger charge is -2.10. The van der Waals surface area contributed by atoms with E-state index in [1.807, 2.05) is 0 Å². The van der Waals surface area contributed by atoms with E-state index in [4.69, 9.17) is 0 Å². The first kappa shape index (κ1) is 9.76. The maximum atomic E-state index is 12.1. The number of nitrogens with zero attached hydrogens (tertiary/aromatic N) is 1. The Labute approximate surface area is 71.2 Å². The molecule has 1 aromatic rings. The molecule has 13 heavy (non-hydrogen) atoms. The number of rotatable bonds is 2. The van der Waals surface area contributed by atoms with E-state index in [1.54, 1.807) is 0 Å². The summed E-state index contributed by atoms with van der Waals surface area (Å²) in [5.41, 5.74) is -0.361. The van der Waals surface area contributed by atoms with Crippen molar-refractivity contribution >= 4 is 0 Å². The highest BCUT2D eigenvalue weighted by Crippen LogP contribution is 2.25. The number of aromatic nitrogens is 1. The van der Waals surface area contributed by atoms with Crippen molar-refractivity contribution in [3.63, 3.8) is 0 Å². The molecule has 0 aliphatic heterocycles. The van der Waals surface area contributed by atoms with Gasteiger partial charge in [0.15, 0.2) is 5.75 Å². The predicted octanol–water partition coefficient (Wildman–Crippen LogP) is 2.45. The van der Waals surface area contributed by atoms with Gasteiger partial charge in [0.25, 0.3) is 0 Å². The summed E-state index contributed by atoms with van der Waals surface area (Å²) in [6.07, 6.45) is -3.62. The summed E-state index contributed by atoms with van der Waals surface area (Å²) in [4.78, 5) is 3.38. The van der Waals surface area contributed by atoms with Crippen LogP contribution in [0.5, 0.6) is 5.75 Å². The van der Waals surface area contributed by atoms with E-state index in [1.165, 1.54) is 12.3 Å². The van der Waals surface area contributed by atoms with E-state index in [2.05, 4.69) is 9.72 Å². The Morgan fingerprint density at radius 3 is 2.62 bits per heavy atom. The highest BCUT2D eigenvalue weighted by molar-refractivity contribution is 5.26. The van der Waals surface area contributed by atoms with E-state index in [-0.39, 0.29) is 5.69 Å². The molecule has 0 atom stereocenters. The van der Waals surface area contributed by atoms with Crippen LogP contribution in [-0.2, 0) is 6.67 Å². The Balaban J connectivity index is 2.87. The lowest BCUT2D eigenvalue weighted by Crippen LogP contribution is -2.18. The largest absolute Gasteiger partial charge is 0.573 e. The van der Waals surface area contributed by atoms with Crippen molar-refractivity contribution in [1.82, 2.24) is 4.98 Å². The Bertz CT molecular complexity index is 286. The second-order valence-electron chi connectivity index (χ2n) is 2.13. The molecule has 0 aliphatic carbocycles. The smallest absolute Gasteiger partial charge is 0.404 e. The number of pyridine rings is 1. The molecule has 0 aliphatic rings. The fourth-order valence-electron chi connectivity index (χ4n) is 0.741. The molecule has 1 heterocycles. The standard InChI is InChI=1S/C7H5F4NO/c8-4-5-6(2-1-3-12-5)13-7(9,10)11/h1-3H,4H2. The molecule has 0 fully saturated rings. The van der Waals surface area contributed by atoms with Gasteiger partial charge in [-0.3, -0.25) is 4.98 Å². The molecular weight excluding hydrogens is 190 g/mol. The minimum Gasteiger partial charge on any atom is -0.404 e. The van der Waals surface area contributed by atoms with Gasteiger partial charge < -0.3 is 4.74 Å². The molecule has 0 saturated carbocycles. The van der Waals surface area contributed by atoms with E-state index in [0.717, 1.165) is 6.07 Å². The second kappa shape index (κ2) is 3.59. The molecule has 0 saturated heterocycles. The van der Waals surface area contributed by atoms with Gasteiger partial charge in [-0.1, -0.05) is 0 Å². The summed E-state index contributed by atoms with van der Waals surface area (Å²) in [6.45, 7) is -1.09. The third-order valence-electron chi connectivity index (χ3n) is 1.20. The molecular formula is C7H5F4NO. The van der Waals surface area contributed by atoms with Crippen LogP contribution in [0.2, 0.25) is 0 Å². The predicted molar refractivity (Wildman–Crippen MR) is 35.7 cm³/mol. The van der Waals surface area contributed by atoms with Crippen LogP contribution in [0.15, 0.2) is 18.3 Å². The van der Waals surface area contributed by atoms with Crippen molar-refractivity contribution in [2.45, 2.75) is 13.0 Å². The summed E-state index contributed by atoms with van der Waals surface area (Å²) in [5.74, 6) is -0.600. The molecule has 72 valence electrons. The summed E-state index contributed by atoms with van der Waals surface area (Å²) in [7, 11) is 0. The molecule has 2 nitrogen and oxygen atoms in total. The van der Waals surface area contributed by atoms with Crippen molar-refractivity contribution in [2.24, 2.45) is 0 Å². The number of halogens is 4. The number of hydrogen-bond acceptors (Lipinski definition) is 2. The Morgan fingerprint density at radius 1 is 1.38 bits per heavy atom. The number of alkyl halides is 4. The highest BCUT2D eigenvalue weighted by Gasteiger charge is 2.32. The fraction of sp³-hybridized carbons (Fsp3) is 0.286. The van der Waals surface area contributed by atoms with Gasteiger partial charge in [0, 0.05) is 6.20 Å². The Kier molecular flexibility index (Phi) is 2.69. The number of ether oxygens (including phenoxy) is 1. The molecule has 0 unspecified atom stereocenters. The Hall–Kier alpha value is -1.33. The van der Waals surface area contributed by atoms with Gasteiger partial charge in [-0.05, 0) is 12.1 Å². The van der Waals surface area contributed by atoms with Crippen LogP contribution in [-0.4, -0.2) is 11.3 Å². The van der Waals surface area contributed by atoms with Crippen LogP contribution in [0, 0.1) is 0 Å². The van der Waals surface area contributed by atoms with Crippen molar-refractivity contribution in [2.75, 3.05) is 0 Å². The highest BCUT2D eigenvalue weighted by atomic mass is 19.4. The fourth-order valence-corrected chi connectivity index (χ4v) is 0.741. The van der Waals surface area contributed by atoms with Gasteiger partial charge in [0.05, 0.1) is 0 Å². The third-order valence-corrected chi connectivity index (χ3v) is 1.20. The molecule has 0 amide bonds. The zero-order valence-corrected chi connectivity index (χ0v) is 6.31. The van der Waals surface area contributed by atoms with Crippen LogP contribution in [0.4, 0.5) is 17.6 Å². The second-order valence-corrected chi connectivity index (χ2v) is 2.13. The van der Waals surface area contributed by atoms with Crippen molar-refractivity contribution in [1.29, 1.82) is 0 Å². The zero-order valence-electron chi connectivity index (χ0n) is 6.31.